The zero-order valence-corrected chi connectivity index (χ0v) is 19.2. The van der Waals surface area contributed by atoms with Gasteiger partial charge in [0, 0.05) is 32.4 Å². The summed E-state index contributed by atoms with van der Waals surface area (Å²) >= 11 is 0. The summed E-state index contributed by atoms with van der Waals surface area (Å²) in [6, 6.07) is 6.43. The van der Waals surface area contributed by atoms with Crippen LogP contribution in [0.5, 0.6) is 11.5 Å². The molecule has 1 fully saturated rings. The maximum atomic E-state index is 11.5. The third kappa shape index (κ3) is 4.68. The molecule has 0 spiro atoms. The average molecular weight is 461 g/mol. The molecule has 0 radical (unpaired) electrons. The van der Waals surface area contributed by atoms with Crippen LogP contribution in [0.4, 0.5) is 11.5 Å². The number of pyridine rings is 2. The number of likely N-dealkylation sites (N-methyl/N-ethyl adjacent to an activating group) is 1. The van der Waals surface area contributed by atoms with Crippen LogP contribution in [0.15, 0.2) is 24.4 Å². The Labute approximate surface area is 198 Å². The minimum atomic E-state index is -0.178. The van der Waals surface area contributed by atoms with Crippen LogP contribution in [0.25, 0.3) is 6.08 Å². The fraction of sp³-hybridized carbons (Fsp3) is 0.440. The molecule has 3 aliphatic rings. The highest BCUT2D eigenvalue weighted by atomic mass is 16.5. The molecule has 9 heteroatoms. The van der Waals surface area contributed by atoms with E-state index in [1.54, 1.807) is 6.20 Å². The van der Waals surface area contributed by atoms with Gasteiger partial charge in [-0.1, -0.05) is 6.08 Å². The molecule has 9 nitrogen and oxygen atoms in total. The summed E-state index contributed by atoms with van der Waals surface area (Å²) in [5.41, 5.74) is 3.10. The lowest BCUT2D eigenvalue weighted by molar-refractivity contribution is -0.118. The molecule has 1 saturated carbocycles. The third-order valence-electron chi connectivity index (χ3n) is 6.61. The highest BCUT2D eigenvalue weighted by molar-refractivity contribution is 5.94. The van der Waals surface area contributed by atoms with Crippen LogP contribution in [0.1, 0.15) is 42.6 Å². The van der Waals surface area contributed by atoms with Gasteiger partial charge < -0.3 is 25.0 Å². The Balaban J connectivity index is 1.13. The highest BCUT2D eigenvalue weighted by Gasteiger charge is 2.25. The molecule has 176 valence electrons. The zero-order chi connectivity index (χ0) is 23.5. The van der Waals surface area contributed by atoms with E-state index in [1.165, 1.54) is 0 Å². The van der Waals surface area contributed by atoms with E-state index in [0.717, 1.165) is 49.3 Å². The molecular formula is C25H28N6O3. The first-order chi connectivity index (χ1) is 16.6. The van der Waals surface area contributed by atoms with Crippen LogP contribution in [0.3, 0.4) is 0 Å². The number of hydrogen-bond acceptors (Lipinski definition) is 8. The number of nitrogens with one attached hydrogen (secondary N) is 2. The number of hydrogen-bond donors (Lipinski definition) is 2. The quantitative estimate of drug-likeness (QED) is 0.677. The zero-order valence-electron chi connectivity index (χ0n) is 19.2. The molecule has 0 atom stereocenters. The maximum absolute atomic E-state index is 11.5. The summed E-state index contributed by atoms with van der Waals surface area (Å²) in [5.74, 6) is 2.03. The Kier molecular flexibility index (Phi) is 6.32. The summed E-state index contributed by atoms with van der Waals surface area (Å²) in [5, 5.41) is 15.9. The first kappa shape index (κ1) is 22.2. The maximum Gasteiger partial charge on any atom is 0.263 e. The Morgan fingerprint density at radius 2 is 2.18 bits per heavy atom. The third-order valence-corrected chi connectivity index (χ3v) is 6.61. The molecule has 0 saturated heterocycles. The minimum Gasteiger partial charge on any atom is -0.490 e. The molecule has 0 aromatic carbocycles. The number of rotatable bonds is 6. The predicted octanol–water partition coefficient (Wildman–Crippen LogP) is 2.87. The average Bonchev–Trinajstić information content (AvgIpc) is 2.86. The molecule has 2 N–H and O–H groups in total. The summed E-state index contributed by atoms with van der Waals surface area (Å²) < 4.78 is 11.6. The second-order valence-electron chi connectivity index (χ2n) is 9.03. The van der Waals surface area contributed by atoms with Crippen LogP contribution in [-0.2, 0) is 11.3 Å². The molecule has 4 heterocycles. The number of aromatic nitrogens is 2. The summed E-state index contributed by atoms with van der Waals surface area (Å²) in [7, 11) is 1.99. The van der Waals surface area contributed by atoms with Gasteiger partial charge in [0.25, 0.3) is 5.91 Å². The summed E-state index contributed by atoms with van der Waals surface area (Å²) in [6.45, 7) is 2.05. The SMILES string of the molecule is CN1CC=Cc2ncc(C#N)c(OCC3CCC(NCc4ccc5c(n4)NC(=O)CO5)CC3)c21. The Morgan fingerprint density at radius 3 is 3.00 bits per heavy atom. The highest BCUT2D eigenvalue weighted by Crippen LogP contribution is 2.37. The Morgan fingerprint density at radius 1 is 1.32 bits per heavy atom. The van der Waals surface area contributed by atoms with E-state index in [0.29, 0.717) is 48.0 Å². The minimum absolute atomic E-state index is 0.0362. The largest absolute Gasteiger partial charge is 0.490 e. The number of amides is 1. The van der Waals surface area contributed by atoms with Gasteiger partial charge in [0.1, 0.15) is 17.3 Å². The van der Waals surface area contributed by atoms with Crippen molar-refractivity contribution in [2.24, 2.45) is 5.92 Å². The van der Waals surface area contributed by atoms with Crippen LogP contribution < -0.4 is 25.0 Å². The second kappa shape index (κ2) is 9.69. The van der Waals surface area contributed by atoms with Gasteiger partial charge in [-0.15, -0.1) is 0 Å². The van der Waals surface area contributed by atoms with Crippen LogP contribution >= 0.6 is 0 Å². The van der Waals surface area contributed by atoms with E-state index in [1.807, 2.05) is 25.3 Å². The summed E-state index contributed by atoms with van der Waals surface area (Å²) in [4.78, 5) is 22.5. The Hall–Kier alpha value is -3.64. The second-order valence-corrected chi connectivity index (χ2v) is 9.03. The first-order valence-corrected chi connectivity index (χ1v) is 11.7. The van der Waals surface area contributed by atoms with E-state index in [-0.39, 0.29) is 12.5 Å². The Bertz CT molecular complexity index is 1150. The molecule has 5 rings (SSSR count). The lowest BCUT2D eigenvalue weighted by atomic mass is 9.86. The van der Waals surface area contributed by atoms with Gasteiger partial charge in [-0.25, -0.2) is 4.98 Å². The van der Waals surface area contributed by atoms with Gasteiger partial charge >= 0.3 is 0 Å². The van der Waals surface area contributed by atoms with Gasteiger partial charge in [-0.2, -0.15) is 5.26 Å². The number of nitrogens with zero attached hydrogens (tertiary/aromatic N) is 4. The van der Waals surface area contributed by atoms with Crippen molar-refractivity contribution >= 4 is 23.5 Å². The molecule has 2 aromatic rings. The first-order valence-electron chi connectivity index (χ1n) is 11.7. The van der Waals surface area contributed by atoms with Crippen molar-refractivity contribution in [3.05, 3.63) is 41.4 Å². The number of carbonyl (C=O) groups excluding carboxylic acids is 1. The van der Waals surface area contributed by atoms with E-state index in [2.05, 4.69) is 37.6 Å². The normalized spacial score (nSPS) is 21.1. The van der Waals surface area contributed by atoms with Crippen molar-refractivity contribution in [1.29, 1.82) is 5.26 Å². The molecule has 2 aromatic heterocycles. The van der Waals surface area contributed by atoms with Crippen molar-refractivity contribution in [1.82, 2.24) is 15.3 Å². The number of anilines is 2. The van der Waals surface area contributed by atoms with Crippen LogP contribution in [0, 0.1) is 17.2 Å². The van der Waals surface area contributed by atoms with Gasteiger partial charge in [-0.3, -0.25) is 9.78 Å². The lowest BCUT2D eigenvalue weighted by Gasteiger charge is -2.30. The number of carbonyl (C=O) groups is 1. The lowest BCUT2D eigenvalue weighted by Crippen LogP contribution is -2.34. The van der Waals surface area contributed by atoms with E-state index in [4.69, 9.17) is 9.47 Å². The molecular weight excluding hydrogens is 432 g/mol. The predicted molar refractivity (Wildman–Crippen MR) is 128 cm³/mol. The van der Waals surface area contributed by atoms with E-state index >= 15 is 0 Å². The van der Waals surface area contributed by atoms with Crippen molar-refractivity contribution in [3.63, 3.8) is 0 Å². The van der Waals surface area contributed by atoms with Gasteiger partial charge in [0.15, 0.2) is 23.9 Å². The van der Waals surface area contributed by atoms with Crippen molar-refractivity contribution in [2.45, 2.75) is 38.3 Å². The number of ether oxygens (including phenoxy) is 2. The molecule has 1 amide bonds. The van der Waals surface area contributed by atoms with Crippen molar-refractivity contribution in [2.75, 3.05) is 37.0 Å². The van der Waals surface area contributed by atoms with E-state index < -0.39 is 0 Å². The number of fused-ring (bicyclic) bond motifs is 2. The van der Waals surface area contributed by atoms with Crippen LogP contribution in [0.2, 0.25) is 0 Å². The monoisotopic (exact) mass is 460 g/mol. The molecule has 34 heavy (non-hydrogen) atoms. The van der Waals surface area contributed by atoms with E-state index in [9.17, 15) is 10.1 Å². The van der Waals surface area contributed by atoms with Crippen molar-refractivity contribution in [3.8, 4) is 17.6 Å². The van der Waals surface area contributed by atoms with Gasteiger partial charge in [0.2, 0.25) is 0 Å². The fourth-order valence-electron chi connectivity index (χ4n) is 4.71. The molecule has 0 bridgehead atoms. The van der Waals surface area contributed by atoms with Crippen LogP contribution in [-0.4, -0.2) is 48.7 Å². The van der Waals surface area contributed by atoms with Gasteiger partial charge in [-0.05, 0) is 49.8 Å². The van der Waals surface area contributed by atoms with Gasteiger partial charge in [0.05, 0.1) is 18.0 Å². The topological polar surface area (TPSA) is 112 Å². The van der Waals surface area contributed by atoms with Crippen molar-refractivity contribution < 1.29 is 14.3 Å². The molecule has 1 aliphatic carbocycles. The standard InChI is InChI=1S/C25H28N6O3/c1-31-10-2-3-20-23(31)24(17(11-26)12-28-20)34-14-16-4-6-18(7-5-16)27-13-19-8-9-21-25(29-19)30-22(32)15-33-21/h2-3,8-9,12,16,18,27H,4-7,10,13-15H2,1H3,(H,29,30,32). The fourth-order valence-corrected chi connectivity index (χ4v) is 4.71. The summed E-state index contributed by atoms with van der Waals surface area (Å²) in [6.07, 6.45) is 9.88. The molecule has 0 unspecified atom stereocenters. The molecule has 2 aliphatic heterocycles. The smallest absolute Gasteiger partial charge is 0.263 e. The number of nitriles is 1.